The maximum Gasteiger partial charge on any atom is 0.401 e. The van der Waals surface area contributed by atoms with Gasteiger partial charge in [0, 0.05) is 29.7 Å². The number of nitrogen functional groups attached to an aromatic ring is 1. The molecule has 0 bridgehead atoms. The van der Waals surface area contributed by atoms with Gasteiger partial charge < -0.3 is 14.6 Å². The maximum atomic E-state index is 13.4. The van der Waals surface area contributed by atoms with Crippen LogP contribution in [-0.2, 0) is 24.8 Å². The summed E-state index contributed by atoms with van der Waals surface area (Å²) in [5.74, 6) is 1.37. The molecule has 4 rings (SSSR count). The Morgan fingerprint density at radius 1 is 1.17 bits per heavy atom. The number of aromatic nitrogens is 4. The smallest absolute Gasteiger partial charge is 0.401 e. The lowest BCUT2D eigenvalue weighted by Crippen LogP contribution is -2.42. The molecule has 1 aromatic carbocycles. The van der Waals surface area contributed by atoms with Crippen LogP contribution in [0.3, 0.4) is 0 Å². The van der Waals surface area contributed by atoms with Crippen LogP contribution in [0.2, 0.25) is 0 Å². The molecule has 35 heavy (non-hydrogen) atoms. The number of nitrogens with two attached hydrogens (primary N) is 1. The van der Waals surface area contributed by atoms with Crippen molar-refractivity contribution in [3.05, 3.63) is 40.5 Å². The van der Waals surface area contributed by atoms with Crippen molar-refractivity contribution in [2.24, 2.45) is 0 Å². The fourth-order valence-electron chi connectivity index (χ4n) is 4.38. The lowest BCUT2D eigenvalue weighted by atomic mass is 9.85. The number of ether oxygens (including phenoxy) is 2. The van der Waals surface area contributed by atoms with Crippen LogP contribution >= 0.6 is 0 Å². The fourth-order valence-corrected chi connectivity index (χ4v) is 4.38. The molecule has 3 N–H and O–H groups in total. The Balaban J connectivity index is 1.69. The lowest BCUT2D eigenvalue weighted by molar-refractivity contribution is -0.723. The zero-order valence-electron chi connectivity index (χ0n) is 21.1. The highest BCUT2D eigenvalue weighted by atomic mass is 16.5. The zero-order valence-corrected chi connectivity index (χ0v) is 21.1. The third-order valence-electron chi connectivity index (χ3n) is 6.32. The highest BCUT2D eigenvalue weighted by Gasteiger charge is 2.29. The minimum Gasteiger partial charge on any atom is -0.493 e. The Kier molecular flexibility index (Phi) is 7.25. The summed E-state index contributed by atoms with van der Waals surface area (Å²) in [4.78, 5) is 13.4. The fraction of sp³-hybridized carbons (Fsp3) is 0.538. The van der Waals surface area contributed by atoms with Crippen molar-refractivity contribution in [2.45, 2.75) is 71.8 Å². The third kappa shape index (κ3) is 5.24. The van der Waals surface area contributed by atoms with Gasteiger partial charge in [0.05, 0.1) is 13.2 Å². The van der Waals surface area contributed by atoms with Gasteiger partial charge in [-0.3, -0.25) is 10.5 Å². The van der Waals surface area contributed by atoms with Crippen LogP contribution in [0, 0.1) is 0 Å². The molecule has 0 spiro atoms. The predicted octanol–water partition coefficient (Wildman–Crippen LogP) is 2.82. The number of carbonyl (C=O) groups excluding carboxylic acids is 1. The Hall–Kier alpha value is -3.20. The molecule has 0 unspecified atom stereocenters. The van der Waals surface area contributed by atoms with E-state index in [1.165, 1.54) is 4.68 Å². The number of hydrogen-bond donors (Lipinski definition) is 2. The predicted molar refractivity (Wildman–Crippen MR) is 132 cm³/mol. The number of fused-ring (bicyclic) bond motifs is 3. The molecule has 1 aliphatic rings. The molecule has 9 nitrogen and oxygen atoms in total. The number of aliphatic hydroxyl groups excluding tert-OH is 1. The summed E-state index contributed by atoms with van der Waals surface area (Å²) < 4.78 is 14.7. The molecule has 0 radical (unpaired) electrons. The van der Waals surface area contributed by atoms with E-state index < -0.39 is 0 Å². The number of benzene rings is 1. The standard InChI is InChI=1S/C26H35N5O4/c1-5-34-24-21-10-7-6-9-20(21)23-28-30(25(27)31(23)29-24)16-22(33)17-13-18(26(2,3)4)15-19(14-17)35-12-8-11-32/h13-15,27,32H,5-12,16H2,1-4H3/p+1. The minimum atomic E-state index is -0.167. The summed E-state index contributed by atoms with van der Waals surface area (Å²) in [7, 11) is 0. The van der Waals surface area contributed by atoms with E-state index in [2.05, 4.69) is 25.9 Å². The van der Waals surface area contributed by atoms with Gasteiger partial charge in [-0.1, -0.05) is 35.5 Å². The van der Waals surface area contributed by atoms with E-state index >= 15 is 0 Å². The largest absolute Gasteiger partial charge is 0.493 e. The third-order valence-corrected chi connectivity index (χ3v) is 6.32. The normalized spacial score (nSPS) is 13.6. The molecule has 0 saturated heterocycles. The van der Waals surface area contributed by atoms with Gasteiger partial charge in [0.1, 0.15) is 5.75 Å². The molecule has 0 aliphatic heterocycles. The summed E-state index contributed by atoms with van der Waals surface area (Å²) in [6, 6.07) is 5.60. The summed E-state index contributed by atoms with van der Waals surface area (Å²) in [5.41, 5.74) is 10.7. The van der Waals surface area contributed by atoms with Gasteiger partial charge in [-0.05, 0) is 61.8 Å². The Morgan fingerprint density at radius 3 is 2.60 bits per heavy atom. The highest BCUT2D eigenvalue weighted by Crippen LogP contribution is 2.31. The Labute approximate surface area is 205 Å². The van der Waals surface area contributed by atoms with Gasteiger partial charge in [0.25, 0.3) is 11.5 Å². The van der Waals surface area contributed by atoms with E-state index in [1.54, 1.807) is 10.6 Å². The molecule has 0 saturated carbocycles. The van der Waals surface area contributed by atoms with Gasteiger partial charge in [0.2, 0.25) is 0 Å². The number of aliphatic hydroxyl groups is 1. The number of rotatable bonds is 9. The number of Topliss-reactive ketones (excluding diaryl/α,β-unsaturated/α-hetero) is 1. The van der Waals surface area contributed by atoms with Gasteiger partial charge >= 0.3 is 5.95 Å². The minimum absolute atomic E-state index is 0.0163. The van der Waals surface area contributed by atoms with Crippen LogP contribution in [-0.4, -0.2) is 45.4 Å². The monoisotopic (exact) mass is 482 g/mol. The average molecular weight is 483 g/mol. The van der Waals surface area contributed by atoms with Gasteiger partial charge in [-0.15, -0.1) is 4.68 Å². The summed E-state index contributed by atoms with van der Waals surface area (Å²) >= 11 is 0. The molecule has 0 atom stereocenters. The van der Waals surface area contributed by atoms with Crippen LogP contribution in [0.5, 0.6) is 11.6 Å². The molecule has 2 aromatic heterocycles. The summed E-state index contributed by atoms with van der Waals surface area (Å²) in [5, 5.41) is 18.4. The van der Waals surface area contributed by atoms with Crippen molar-refractivity contribution in [1.29, 1.82) is 0 Å². The number of carbonyl (C=O) groups is 1. The van der Waals surface area contributed by atoms with E-state index in [0.29, 0.717) is 42.5 Å². The second kappa shape index (κ2) is 10.2. The van der Waals surface area contributed by atoms with Crippen LogP contribution in [0.1, 0.15) is 74.0 Å². The first-order valence-corrected chi connectivity index (χ1v) is 12.4. The molecule has 3 aromatic rings. The van der Waals surface area contributed by atoms with E-state index in [9.17, 15) is 4.79 Å². The Morgan fingerprint density at radius 2 is 1.91 bits per heavy atom. The SMILES string of the molecule is CCOc1nn2c(N)[n+](CC(=O)c3cc(OCCCO)cc(C(C)(C)C)c3)nc2c2c1CCCC2. The van der Waals surface area contributed by atoms with Gasteiger partial charge in [-0.25, -0.2) is 0 Å². The Bertz CT molecular complexity index is 1230. The first-order valence-electron chi connectivity index (χ1n) is 12.4. The van der Waals surface area contributed by atoms with Crippen LogP contribution in [0.25, 0.3) is 5.65 Å². The van der Waals surface area contributed by atoms with Gasteiger partial charge in [0.15, 0.2) is 12.3 Å². The number of nitrogens with zero attached hydrogens (tertiary/aromatic N) is 4. The number of hydrogen-bond acceptors (Lipinski definition) is 7. The van der Waals surface area contributed by atoms with Crippen molar-refractivity contribution in [1.82, 2.24) is 14.7 Å². The van der Waals surface area contributed by atoms with E-state index in [0.717, 1.165) is 42.4 Å². The molecule has 188 valence electrons. The van der Waals surface area contributed by atoms with Crippen molar-refractivity contribution in [2.75, 3.05) is 25.6 Å². The molecule has 2 heterocycles. The zero-order chi connectivity index (χ0) is 25.2. The lowest BCUT2D eigenvalue weighted by Gasteiger charge is -2.21. The van der Waals surface area contributed by atoms with Crippen molar-refractivity contribution in [3.8, 4) is 11.6 Å². The molecule has 0 amide bonds. The number of anilines is 1. The van der Waals surface area contributed by atoms with Crippen molar-refractivity contribution < 1.29 is 24.1 Å². The first-order chi connectivity index (χ1) is 16.7. The van der Waals surface area contributed by atoms with Crippen LogP contribution < -0.4 is 19.9 Å². The summed E-state index contributed by atoms with van der Waals surface area (Å²) in [6.07, 6.45) is 4.47. The van der Waals surface area contributed by atoms with E-state index in [-0.39, 0.29) is 30.3 Å². The molecular formula is C26H36N5O4+. The van der Waals surface area contributed by atoms with E-state index in [4.69, 9.17) is 25.4 Å². The molecular weight excluding hydrogens is 446 g/mol. The second-order valence-electron chi connectivity index (χ2n) is 10.00. The van der Waals surface area contributed by atoms with Crippen LogP contribution in [0.15, 0.2) is 18.2 Å². The maximum absolute atomic E-state index is 13.4. The molecule has 0 fully saturated rings. The quantitative estimate of drug-likeness (QED) is 0.274. The van der Waals surface area contributed by atoms with Crippen molar-refractivity contribution in [3.63, 3.8) is 0 Å². The molecule has 1 aliphatic carbocycles. The average Bonchev–Trinajstić information content (AvgIpc) is 3.14. The topological polar surface area (TPSA) is 116 Å². The number of ketones is 1. The van der Waals surface area contributed by atoms with Crippen LogP contribution in [0.4, 0.5) is 5.95 Å². The first kappa shape index (κ1) is 24.9. The highest BCUT2D eigenvalue weighted by molar-refractivity contribution is 5.95. The summed E-state index contributed by atoms with van der Waals surface area (Å²) in [6.45, 7) is 9.14. The molecule has 9 heteroatoms. The van der Waals surface area contributed by atoms with E-state index in [1.807, 2.05) is 19.1 Å². The second-order valence-corrected chi connectivity index (χ2v) is 10.00. The van der Waals surface area contributed by atoms with Crippen molar-refractivity contribution >= 4 is 17.4 Å². The number of aryl methyl sites for hydroxylation is 1. The van der Waals surface area contributed by atoms with Gasteiger partial charge in [-0.2, -0.15) is 0 Å².